The molecule has 5 nitrogen and oxygen atoms in total. The van der Waals surface area contributed by atoms with E-state index in [0.29, 0.717) is 5.75 Å². The maximum Gasteiger partial charge on any atom is 0.315 e. The van der Waals surface area contributed by atoms with Crippen molar-refractivity contribution in [2.75, 3.05) is 19.1 Å². The molecule has 0 fully saturated rings. The van der Waals surface area contributed by atoms with Crippen molar-refractivity contribution < 1.29 is 19.1 Å². The van der Waals surface area contributed by atoms with E-state index in [4.69, 9.17) is 9.47 Å². The van der Waals surface area contributed by atoms with Gasteiger partial charge in [-0.2, -0.15) is 0 Å². The first-order valence-electron chi connectivity index (χ1n) is 6.98. The Labute approximate surface area is 124 Å². The fraction of sp³-hybridized carbons (Fsp3) is 0.500. The van der Waals surface area contributed by atoms with E-state index in [2.05, 4.69) is 0 Å². The lowest BCUT2D eigenvalue weighted by Crippen LogP contribution is -2.43. The van der Waals surface area contributed by atoms with Crippen molar-refractivity contribution in [1.82, 2.24) is 0 Å². The average Bonchev–Trinajstić information content (AvgIpc) is 2.80. The number of nitrogens with zero attached hydrogens (tertiary/aromatic N) is 1. The predicted octanol–water partition coefficient (Wildman–Crippen LogP) is 2.34. The summed E-state index contributed by atoms with van der Waals surface area (Å²) in [7, 11) is 2.95. The first-order chi connectivity index (χ1) is 9.92. The van der Waals surface area contributed by atoms with E-state index in [1.54, 1.807) is 18.1 Å². The standard InChI is InChI=1S/C16H21NO4/c1-9(2)15-14(16(19)21-5)12-8-11(20-4)6-7-13(12)17(15)10(3)18/h6-9,14-15H,1-5H3. The SMILES string of the molecule is COC(=O)C1c2cc(OC)ccc2N(C(C)=O)C1C(C)C. The van der Waals surface area contributed by atoms with Gasteiger partial charge in [0.2, 0.25) is 5.91 Å². The van der Waals surface area contributed by atoms with Gasteiger partial charge in [0, 0.05) is 12.6 Å². The van der Waals surface area contributed by atoms with Crippen LogP contribution in [-0.4, -0.2) is 32.1 Å². The number of benzene rings is 1. The van der Waals surface area contributed by atoms with Crippen LogP contribution >= 0.6 is 0 Å². The third-order valence-electron chi connectivity index (χ3n) is 3.95. The van der Waals surface area contributed by atoms with Crippen LogP contribution in [0.5, 0.6) is 5.75 Å². The number of hydrogen-bond donors (Lipinski definition) is 0. The molecule has 0 bridgehead atoms. The van der Waals surface area contributed by atoms with Crippen molar-refractivity contribution in [2.24, 2.45) is 5.92 Å². The second kappa shape index (κ2) is 5.76. The van der Waals surface area contributed by atoms with Crippen molar-refractivity contribution >= 4 is 17.6 Å². The molecule has 0 N–H and O–H groups in total. The molecule has 0 aromatic heterocycles. The first-order valence-corrected chi connectivity index (χ1v) is 6.98. The minimum Gasteiger partial charge on any atom is -0.497 e. The smallest absolute Gasteiger partial charge is 0.315 e. The first kappa shape index (κ1) is 15.4. The van der Waals surface area contributed by atoms with Crippen LogP contribution in [0.1, 0.15) is 32.3 Å². The van der Waals surface area contributed by atoms with Crippen LogP contribution in [0.3, 0.4) is 0 Å². The third kappa shape index (κ3) is 2.48. The van der Waals surface area contributed by atoms with Gasteiger partial charge in [0.15, 0.2) is 0 Å². The molecule has 1 aromatic carbocycles. The normalized spacial score (nSPS) is 20.4. The van der Waals surface area contributed by atoms with Crippen LogP contribution in [0.4, 0.5) is 5.69 Å². The maximum absolute atomic E-state index is 12.3. The van der Waals surface area contributed by atoms with Gasteiger partial charge in [0.1, 0.15) is 11.7 Å². The molecular weight excluding hydrogens is 270 g/mol. The summed E-state index contributed by atoms with van der Waals surface area (Å²) >= 11 is 0. The number of methoxy groups -OCH3 is 2. The topological polar surface area (TPSA) is 55.8 Å². The number of fused-ring (bicyclic) bond motifs is 1. The van der Waals surface area contributed by atoms with Crippen LogP contribution in [0.15, 0.2) is 18.2 Å². The van der Waals surface area contributed by atoms with E-state index >= 15 is 0 Å². The second-order valence-electron chi connectivity index (χ2n) is 5.55. The highest BCUT2D eigenvalue weighted by molar-refractivity contribution is 5.99. The van der Waals surface area contributed by atoms with Crippen LogP contribution in [0.2, 0.25) is 0 Å². The molecule has 21 heavy (non-hydrogen) atoms. The van der Waals surface area contributed by atoms with Gasteiger partial charge >= 0.3 is 5.97 Å². The van der Waals surface area contributed by atoms with Crippen LogP contribution < -0.4 is 9.64 Å². The molecule has 0 saturated heterocycles. The number of anilines is 1. The summed E-state index contributed by atoms with van der Waals surface area (Å²) in [5.41, 5.74) is 1.55. The van der Waals surface area contributed by atoms with E-state index in [1.807, 2.05) is 26.0 Å². The monoisotopic (exact) mass is 291 g/mol. The van der Waals surface area contributed by atoms with E-state index < -0.39 is 5.92 Å². The van der Waals surface area contributed by atoms with Gasteiger partial charge in [-0.3, -0.25) is 9.59 Å². The van der Waals surface area contributed by atoms with Gasteiger partial charge in [-0.05, 0) is 29.7 Å². The van der Waals surface area contributed by atoms with Gasteiger partial charge < -0.3 is 14.4 Å². The zero-order valence-electron chi connectivity index (χ0n) is 13.0. The molecule has 1 aliphatic heterocycles. The molecule has 1 aromatic rings. The Kier molecular flexibility index (Phi) is 4.21. The van der Waals surface area contributed by atoms with Crippen molar-refractivity contribution in [1.29, 1.82) is 0 Å². The molecule has 0 saturated carbocycles. The lowest BCUT2D eigenvalue weighted by molar-refractivity contribution is -0.143. The van der Waals surface area contributed by atoms with Gasteiger partial charge in [0.05, 0.1) is 20.3 Å². The molecule has 0 aliphatic carbocycles. The summed E-state index contributed by atoms with van der Waals surface area (Å²) in [6, 6.07) is 5.20. The molecule has 5 heteroatoms. The Bertz CT molecular complexity index is 567. The highest BCUT2D eigenvalue weighted by Gasteiger charge is 2.46. The molecule has 114 valence electrons. The number of hydrogen-bond acceptors (Lipinski definition) is 4. The van der Waals surface area contributed by atoms with Crippen molar-refractivity contribution in [3.8, 4) is 5.75 Å². The summed E-state index contributed by atoms with van der Waals surface area (Å²) in [6.07, 6.45) is 0. The minimum atomic E-state index is -0.482. The molecule has 1 amide bonds. The van der Waals surface area contributed by atoms with E-state index in [9.17, 15) is 9.59 Å². The Morgan fingerprint density at radius 1 is 1.24 bits per heavy atom. The fourth-order valence-corrected chi connectivity index (χ4v) is 3.08. The molecular formula is C16H21NO4. The van der Waals surface area contributed by atoms with Crippen molar-refractivity contribution in [2.45, 2.75) is 32.7 Å². The third-order valence-corrected chi connectivity index (χ3v) is 3.95. The van der Waals surface area contributed by atoms with Crippen LogP contribution in [-0.2, 0) is 14.3 Å². The van der Waals surface area contributed by atoms with E-state index in [0.717, 1.165) is 11.3 Å². The summed E-state index contributed by atoms with van der Waals surface area (Å²) in [5, 5.41) is 0. The summed E-state index contributed by atoms with van der Waals surface area (Å²) in [6.45, 7) is 5.52. The largest absolute Gasteiger partial charge is 0.497 e. The highest BCUT2D eigenvalue weighted by atomic mass is 16.5. The summed E-state index contributed by atoms with van der Waals surface area (Å²) in [5.74, 6) is -0.102. The van der Waals surface area contributed by atoms with Gasteiger partial charge in [-0.15, -0.1) is 0 Å². The molecule has 1 aliphatic rings. The maximum atomic E-state index is 12.3. The van der Waals surface area contributed by atoms with E-state index in [1.165, 1.54) is 14.0 Å². The zero-order valence-corrected chi connectivity index (χ0v) is 13.0. The van der Waals surface area contributed by atoms with Crippen molar-refractivity contribution in [3.05, 3.63) is 23.8 Å². The predicted molar refractivity (Wildman–Crippen MR) is 79.5 cm³/mol. The Morgan fingerprint density at radius 2 is 1.90 bits per heavy atom. The Balaban J connectivity index is 2.63. The van der Waals surface area contributed by atoms with Crippen LogP contribution in [0, 0.1) is 5.92 Å². The van der Waals surface area contributed by atoms with Gasteiger partial charge in [0.25, 0.3) is 0 Å². The molecule has 0 spiro atoms. The zero-order chi connectivity index (χ0) is 15.7. The fourth-order valence-electron chi connectivity index (χ4n) is 3.08. The summed E-state index contributed by atoms with van der Waals surface area (Å²) in [4.78, 5) is 26.0. The molecule has 0 radical (unpaired) electrons. The van der Waals surface area contributed by atoms with Crippen LogP contribution in [0.25, 0.3) is 0 Å². The summed E-state index contributed by atoms with van der Waals surface area (Å²) < 4.78 is 10.2. The molecule has 1 heterocycles. The number of esters is 1. The number of amides is 1. The van der Waals surface area contributed by atoms with Crippen molar-refractivity contribution in [3.63, 3.8) is 0 Å². The van der Waals surface area contributed by atoms with E-state index in [-0.39, 0.29) is 23.8 Å². The van der Waals surface area contributed by atoms with Gasteiger partial charge in [-0.1, -0.05) is 13.8 Å². The lowest BCUT2D eigenvalue weighted by Gasteiger charge is -2.30. The average molecular weight is 291 g/mol. The molecule has 2 unspecified atom stereocenters. The second-order valence-corrected chi connectivity index (χ2v) is 5.55. The molecule has 2 rings (SSSR count). The lowest BCUT2D eigenvalue weighted by atomic mass is 9.88. The number of carbonyl (C=O) groups excluding carboxylic acids is 2. The molecule has 2 atom stereocenters. The van der Waals surface area contributed by atoms with Gasteiger partial charge in [-0.25, -0.2) is 0 Å². The number of carbonyl (C=O) groups is 2. The number of rotatable bonds is 3. The quantitative estimate of drug-likeness (QED) is 0.802. The number of ether oxygens (including phenoxy) is 2. The Morgan fingerprint density at radius 3 is 2.38 bits per heavy atom. The highest BCUT2D eigenvalue weighted by Crippen LogP contribution is 2.45. The minimum absolute atomic E-state index is 0.0773. The Hall–Kier alpha value is -2.04.